The van der Waals surface area contributed by atoms with Crippen molar-refractivity contribution in [2.24, 2.45) is 28.3 Å². The highest BCUT2D eigenvalue weighted by molar-refractivity contribution is 6.06. The molecule has 75 heavy (non-hydrogen) atoms. The third kappa shape index (κ3) is 12.1. The highest BCUT2D eigenvalue weighted by Gasteiger charge is 2.46. The minimum absolute atomic E-state index is 0.0325. The van der Waals surface area contributed by atoms with Crippen LogP contribution >= 0.6 is 0 Å². The number of carbonyl (C=O) groups is 5. The molecule has 0 saturated carbocycles. The molecule has 7 N–H and O–H groups in total. The van der Waals surface area contributed by atoms with E-state index in [4.69, 9.17) is 35.2 Å². The van der Waals surface area contributed by atoms with Crippen molar-refractivity contribution < 1.29 is 52.8 Å². The number of primary amides is 1. The van der Waals surface area contributed by atoms with Gasteiger partial charge in [-0.15, -0.1) is 5.10 Å². The number of fused-ring (bicyclic) bond motifs is 4. The zero-order valence-electron chi connectivity index (χ0n) is 43.0. The topological polar surface area (TPSA) is 281 Å². The van der Waals surface area contributed by atoms with Crippen LogP contribution < -0.4 is 45.9 Å². The molecule has 22 nitrogen and oxygen atoms in total. The Morgan fingerprint density at radius 1 is 0.907 bits per heavy atom. The van der Waals surface area contributed by atoms with Crippen LogP contribution in [-0.2, 0) is 16.1 Å². The standard InChI is InChI=1S/C53H67N11O11/c1-30(2)47(54)39-28-63(60-59-39)40(11-10-16-56-52(55)69)48(65)58-34-14-12-33(13-15-34)29-75-53(70)64-41-24-46(44(72-6)22-37(41)50(67)62-27-32(4)20-42(62)51(64)68)74-18-9-7-8-17-73-45-23-38-36(21-43(45)71-5)49(66)61-26-31(3)19-35(61)25-57-38/h12-15,21-25,28,30-31,35,40,42,47,51,68H,4,7-11,16-20,26-27,29,54H2,1-3,5-6H3,(H,58,65)(H3,55,56,69). The average Bonchev–Trinajstić information content (AvgIpc) is 4.12. The first kappa shape index (κ1) is 53.6. The van der Waals surface area contributed by atoms with Gasteiger partial charge in [0.25, 0.3) is 11.8 Å². The smallest absolute Gasteiger partial charge is 0.416 e. The monoisotopic (exact) mass is 1030 g/mol. The predicted octanol–water partition coefficient (Wildman–Crippen LogP) is 6.02. The summed E-state index contributed by atoms with van der Waals surface area (Å²) in [6, 6.07) is 10.5. The Hall–Kier alpha value is -7.72. The number of carbonyl (C=O) groups excluding carboxylic acids is 5. The molecule has 4 aromatic rings. The fourth-order valence-electron chi connectivity index (χ4n) is 9.76. The summed E-state index contributed by atoms with van der Waals surface area (Å²) in [6.07, 6.45) is 4.93. The van der Waals surface area contributed by atoms with Crippen LogP contribution in [0.1, 0.15) is 110 Å². The van der Waals surface area contributed by atoms with Gasteiger partial charge in [0, 0.05) is 43.7 Å². The van der Waals surface area contributed by atoms with Gasteiger partial charge in [-0.3, -0.25) is 19.4 Å². The van der Waals surface area contributed by atoms with Gasteiger partial charge in [0.2, 0.25) is 5.91 Å². The fraction of sp³-hybridized carbons (Fsp3) is 0.472. The number of nitrogens with zero attached hydrogens (tertiary/aromatic N) is 7. The van der Waals surface area contributed by atoms with E-state index in [0.29, 0.717) is 90.9 Å². The van der Waals surface area contributed by atoms with Crippen molar-refractivity contribution in [3.8, 4) is 23.0 Å². The van der Waals surface area contributed by atoms with Crippen molar-refractivity contribution in [3.05, 3.63) is 89.3 Å². The molecule has 0 bridgehead atoms. The van der Waals surface area contributed by atoms with Crippen LogP contribution in [-0.4, -0.2) is 131 Å². The summed E-state index contributed by atoms with van der Waals surface area (Å²) < 4.78 is 31.0. The molecule has 5 heterocycles. The van der Waals surface area contributed by atoms with E-state index in [0.717, 1.165) is 16.9 Å². The number of nitrogens with two attached hydrogens (primary N) is 2. The lowest BCUT2D eigenvalue weighted by Crippen LogP contribution is -2.50. The van der Waals surface area contributed by atoms with E-state index in [1.165, 1.54) is 35.9 Å². The van der Waals surface area contributed by atoms with Crippen molar-refractivity contribution in [2.45, 2.75) is 103 Å². The molecular formula is C53H67N11O11. The summed E-state index contributed by atoms with van der Waals surface area (Å²) in [5.41, 5.74) is 15.0. The number of nitrogens with one attached hydrogen (secondary N) is 2. The number of aliphatic hydroxyl groups excluding tert-OH is 1. The maximum absolute atomic E-state index is 14.2. The number of ether oxygens (including phenoxy) is 5. The number of anilines is 2. The van der Waals surface area contributed by atoms with Crippen LogP contribution in [0.25, 0.3) is 0 Å². The number of aliphatic hydroxyl groups is 1. The number of aromatic nitrogens is 3. The third-order valence-electron chi connectivity index (χ3n) is 13.9. The van der Waals surface area contributed by atoms with Gasteiger partial charge in [0.05, 0.1) is 80.0 Å². The zero-order valence-corrected chi connectivity index (χ0v) is 43.0. The van der Waals surface area contributed by atoms with Crippen LogP contribution in [0.3, 0.4) is 0 Å². The number of hydrogen-bond acceptors (Lipinski definition) is 15. The predicted molar refractivity (Wildman–Crippen MR) is 278 cm³/mol. The molecule has 1 aromatic heterocycles. The molecule has 22 heteroatoms. The van der Waals surface area contributed by atoms with E-state index >= 15 is 0 Å². The number of aliphatic imine (C=N–C) groups is 1. The van der Waals surface area contributed by atoms with Gasteiger partial charge in [-0.2, -0.15) is 0 Å². The first-order valence-corrected chi connectivity index (χ1v) is 25.3. The van der Waals surface area contributed by atoms with Crippen molar-refractivity contribution in [3.63, 3.8) is 0 Å². The molecule has 8 rings (SSSR count). The normalized spacial score (nSPS) is 19.6. The third-order valence-corrected chi connectivity index (χ3v) is 13.9. The van der Waals surface area contributed by atoms with Crippen LogP contribution in [0.15, 0.2) is 71.9 Å². The summed E-state index contributed by atoms with van der Waals surface area (Å²) in [5.74, 6) is 1.08. The van der Waals surface area contributed by atoms with Gasteiger partial charge in [-0.05, 0) is 86.6 Å². The van der Waals surface area contributed by atoms with Crippen LogP contribution in [0.5, 0.6) is 23.0 Å². The van der Waals surface area contributed by atoms with E-state index in [1.54, 1.807) is 42.6 Å². The van der Waals surface area contributed by atoms with Crippen molar-refractivity contribution in [1.29, 1.82) is 0 Å². The lowest BCUT2D eigenvalue weighted by molar-refractivity contribution is -0.119. The second-order valence-electron chi connectivity index (χ2n) is 19.8. The number of methoxy groups -OCH3 is 2. The summed E-state index contributed by atoms with van der Waals surface area (Å²) in [7, 11) is 2.99. The highest BCUT2D eigenvalue weighted by atomic mass is 16.6. The first-order valence-electron chi connectivity index (χ1n) is 25.3. The molecule has 2 fully saturated rings. The molecule has 3 aromatic carbocycles. The molecule has 0 radical (unpaired) electrons. The van der Waals surface area contributed by atoms with Gasteiger partial charge in [0.15, 0.2) is 29.2 Å². The lowest BCUT2D eigenvalue weighted by Gasteiger charge is -2.31. The molecule has 400 valence electrons. The molecule has 6 unspecified atom stereocenters. The molecule has 0 aliphatic carbocycles. The molecule has 2 saturated heterocycles. The quantitative estimate of drug-likeness (QED) is 0.0472. The number of urea groups is 1. The average molecular weight is 1030 g/mol. The fourth-order valence-corrected chi connectivity index (χ4v) is 9.76. The molecule has 4 aliphatic heterocycles. The summed E-state index contributed by atoms with van der Waals surface area (Å²) in [6.45, 7) is 11.6. The molecule has 4 aliphatic rings. The largest absolute Gasteiger partial charge is 0.493 e. The van der Waals surface area contributed by atoms with Crippen LogP contribution in [0.2, 0.25) is 0 Å². The van der Waals surface area contributed by atoms with E-state index in [-0.39, 0.29) is 85.3 Å². The number of hydrogen-bond donors (Lipinski definition) is 5. The Labute approximate surface area is 435 Å². The van der Waals surface area contributed by atoms with Gasteiger partial charge < -0.3 is 60.7 Å². The number of amides is 6. The molecule has 6 atom stereocenters. The van der Waals surface area contributed by atoms with Crippen LogP contribution in [0.4, 0.5) is 26.7 Å². The van der Waals surface area contributed by atoms with E-state index in [9.17, 15) is 29.1 Å². The second-order valence-corrected chi connectivity index (χ2v) is 19.8. The van der Waals surface area contributed by atoms with Crippen LogP contribution in [0, 0.1) is 11.8 Å². The summed E-state index contributed by atoms with van der Waals surface area (Å²) in [4.78, 5) is 75.8. The van der Waals surface area contributed by atoms with Crippen molar-refractivity contribution >= 4 is 53.1 Å². The van der Waals surface area contributed by atoms with Gasteiger partial charge >= 0.3 is 12.1 Å². The first-order chi connectivity index (χ1) is 36.0. The van der Waals surface area contributed by atoms with E-state index < -0.39 is 36.3 Å². The Bertz CT molecular complexity index is 2800. The van der Waals surface area contributed by atoms with Gasteiger partial charge in [0.1, 0.15) is 12.6 Å². The molecular weight excluding hydrogens is 967 g/mol. The molecule has 0 spiro atoms. The Morgan fingerprint density at radius 3 is 2.27 bits per heavy atom. The Balaban J connectivity index is 0.899. The minimum atomic E-state index is -1.51. The van der Waals surface area contributed by atoms with Gasteiger partial charge in [-0.1, -0.05) is 50.3 Å². The summed E-state index contributed by atoms with van der Waals surface area (Å²) in [5, 5.41) is 25.7. The second kappa shape index (κ2) is 23.7. The zero-order chi connectivity index (χ0) is 53.5. The minimum Gasteiger partial charge on any atom is -0.493 e. The SMILES string of the molecule is C=C1CC2C(O)N(C(=O)OCc3ccc(NC(=O)C(CCCNC(N)=O)n4cc(C(N)C(C)C)nn4)cc3)c3cc(OCCCCCOc4cc5c(cc4OC)C(=O)N4CC(C)CC4C=N5)c(OC)cc3C(=O)N2C1. The van der Waals surface area contributed by atoms with Crippen molar-refractivity contribution in [1.82, 2.24) is 30.1 Å². The number of unbranched alkanes of at least 4 members (excludes halogenated alkanes) is 2. The number of rotatable bonds is 21. The van der Waals surface area contributed by atoms with Crippen molar-refractivity contribution in [2.75, 3.05) is 57.3 Å². The Morgan fingerprint density at radius 2 is 1.59 bits per heavy atom. The number of benzene rings is 3. The Kier molecular flexibility index (Phi) is 16.9. The van der Waals surface area contributed by atoms with Gasteiger partial charge in [-0.25, -0.2) is 19.2 Å². The summed E-state index contributed by atoms with van der Waals surface area (Å²) >= 11 is 0. The molecule has 6 amide bonds. The highest BCUT2D eigenvalue weighted by Crippen LogP contribution is 2.43. The lowest BCUT2D eigenvalue weighted by atomic mass is 10.0. The van der Waals surface area contributed by atoms with E-state index in [1.807, 2.05) is 25.0 Å². The maximum atomic E-state index is 14.2. The van der Waals surface area contributed by atoms with E-state index in [2.05, 4.69) is 39.4 Å². The maximum Gasteiger partial charge on any atom is 0.416 e.